The maximum Gasteiger partial charge on any atom is 0.412 e. The SMILES string of the molecule is CC(C)(C)OC(=O)N1CC2C3CCC(C3)C2C1O. The van der Waals surface area contributed by atoms with Gasteiger partial charge in [0.25, 0.3) is 0 Å². The van der Waals surface area contributed by atoms with Crippen LogP contribution in [-0.4, -0.2) is 34.5 Å². The number of carbonyl (C=O) groups is 1. The van der Waals surface area contributed by atoms with Gasteiger partial charge in [-0.1, -0.05) is 0 Å². The average molecular weight is 253 g/mol. The Hall–Kier alpha value is -0.770. The van der Waals surface area contributed by atoms with Gasteiger partial charge in [0.05, 0.1) is 0 Å². The standard InChI is InChI=1S/C14H23NO3/c1-14(2,3)18-13(17)15-7-10-8-4-5-9(6-8)11(10)12(15)16/h8-12,16H,4-7H2,1-3H3. The first kappa shape index (κ1) is 12.3. The summed E-state index contributed by atoms with van der Waals surface area (Å²) in [5.41, 5.74) is -0.493. The second kappa shape index (κ2) is 3.86. The van der Waals surface area contributed by atoms with Crippen molar-refractivity contribution in [2.45, 2.75) is 51.9 Å². The molecule has 1 heterocycles. The first-order chi connectivity index (χ1) is 8.37. The van der Waals surface area contributed by atoms with Gasteiger partial charge in [0.1, 0.15) is 11.8 Å². The predicted molar refractivity (Wildman–Crippen MR) is 66.8 cm³/mol. The van der Waals surface area contributed by atoms with Crippen molar-refractivity contribution in [2.24, 2.45) is 23.7 Å². The van der Waals surface area contributed by atoms with E-state index in [0.717, 1.165) is 5.92 Å². The molecule has 5 unspecified atom stereocenters. The molecule has 4 nitrogen and oxygen atoms in total. The molecule has 1 saturated heterocycles. The molecule has 0 spiro atoms. The Morgan fingerprint density at radius 2 is 1.94 bits per heavy atom. The van der Waals surface area contributed by atoms with Crippen LogP contribution in [0.4, 0.5) is 4.79 Å². The molecule has 1 amide bonds. The lowest BCUT2D eigenvalue weighted by Gasteiger charge is -2.28. The van der Waals surface area contributed by atoms with Crippen molar-refractivity contribution < 1.29 is 14.6 Å². The summed E-state index contributed by atoms with van der Waals surface area (Å²) in [6, 6.07) is 0. The number of nitrogens with zero attached hydrogens (tertiary/aromatic N) is 1. The van der Waals surface area contributed by atoms with Crippen molar-refractivity contribution in [3.8, 4) is 0 Å². The zero-order chi connectivity index (χ0) is 13.1. The summed E-state index contributed by atoms with van der Waals surface area (Å²) < 4.78 is 5.38. The highest BCUT2D eigenvalue weighted by Crippen LogP contribution is 2.56. The molecule has 3 rings (SSSR count). The molecule has 18 heavy (non-hydrogen) atoms. The van der Waals surface area contributed by atoms with Crippen LogP contribution in [0.2, 0.25) is 0 Å². The van der Waals surface area contributed by atoms with Crippen molar-refractivity contribution in [1.82, 2.24) is 4.90 Å². The molecule has 0 aromatic heterocycles. The van der Waals surface area contributed by atoms with Crippen LogP contribution in [0.3, 0.4) is 0 Å². The Balaban J connectivity index is 1.71. The summed E-state index contributed by atoms with van der Waals surface area (Å²) in [5, 5.41) is 10.4. The van der Waals surface area contributed by atoms with Crippen LogP contribution in [0.5, 0.6) is 0 Å². The second-order valence-corrected chi connectivity index (χ2v) is 7.12. The van der Waals surface area contributed by atoms with E-state index in [1.54, 1.807) is 4.90 Å². The van der Waals surface area contributed by atoms with Crippen LogP contribution in [0.25, 0.3) is 0 Å². The molecular formula is C14H23NO3. The molecular weight excluding hydrogens is 230 g/mol. The van der Waals surface area contributed by atoms with Gasteiger partial charge < -0.3 is 9.84 Å². The van der Waals surface area contributed by atoms with E-state index in [1.165, 1.54) is 19.3 Å². The average Bonchev–Trinajstić information content (AvgIpc) is 2.87. The number of aliphatic hydroxyl groups is 1. The van der Waals surface area contributed by atoms with Gasteiger partial charge in [-0.2, -0.15) is 0 Å². The number of hydrogen-bond acceptors (Lipinski definition) is 3. The van der Waals surface area contributed by atoms with Gasteiger partial charge in [0.15, 0.2) is 0 Å². The van der Waals surface area contributed by atoms with Crippen molar-refractivity contribution in [1.29, 1.82) is 0 Å². The number of likely N-dealkylation sites (tertiary alicyclic amines) is 1. The van der Waals surface area contributed by atoms with E-state index in [0.29, 0.717) is 24.3 Å². The van der Waals surface area contributed by atoms with Crippen LogP contribution in [0.15, 0.2) is 0 Å². The highest BCUT2D eigenvalue weighted by Gasteiger charge is 2.57. The Bertz CT molecular complexity index is 363. The molecule has 0 radical (unpaired) electrons. The molecule has 0 aromatic rings. The quantitative estimate of drug-likeness (QED) is 0.720. The molecule has 102 valence electrons. The molecule has 2 saturated carbocycles. The van der Waals surface area contributed by atoms with Crippen molar-refractivity contribution in [2.75, 3.05) is 6.54 Å². The molecule has 4 heteroatoms. The van der Waals surface area contributed by atoms with E-state index in [4.69, 9.17) is 4.74 Å². The summed E-state index contributed by atoms with van der Waals surface area (Å²) in [5.74, 6) is 2.16. The van der Waals surface area contributed by atoms with Gasteiger partial charge in [-0.05, 0) is 57.8 Å². The lowest BCUT2D eigenvalue weighted by molar-refractivity contribution is -0.0328. The maximum atomic E-state index is 12.1. The lowest BCUT2D eigenvalue weighted by Crippen LogP contribution is -2.42. The number of rotatable bonds is 0. The zero-order valence-electron chi connectivity index (χ0n) is 11.4. The lowest BCUT2D eigenvalue weighted by atomic mass is 9.81. The number of hydrogen-bond donors (Lipinski definition) is 1. The fourth-order valence-electron chi connectivity index (χ4n) is 4.24. The predicted octanol–water partition coefficient (Wildman–Crippen LogP) is 2.22. The maximum absolute atomic E-state index is 12.1. The minimum Gasteiger partial charge on any atom is -0.444 e. The monoisotopic (exact) mass is 253 g/mol. The smallest absolute Gasteiger partial charge is 0.412 e. The first-order valence-electron chi connectivity index (χ1n) is 7.04. The fourth-order valence-corrected chi connectivity index (χ4v) is 4.24. The highest BCUT2D eigenvalue weighted by molar-refractivity contribution is 5.69. The molecule has 5 atom stereocenters. The van der Waals surface area contributed by atoms with Gasteiger partial charge >= 0.3 is 6.09 Å². The topological polar surface area (TPSA) is 49.8 Å². The van der Waals surface area contributed by atoms with Gasteiger partial charge in [-0.25, -0.2) is 4.79 Å². The van der Waals surface area contributed by atoms with E-state index < -0.39 is 11.8 Å². The minimum atomic E-state index is -0.625. The summed E-state index contributed by atoms with van der Waals surface area (Å²) in [6.45, 7) is 6.26. The van der Waals surface area contributed by atoms with Gasteiger partial charge in [0, 0.05) is 12.5 Å². The summed E-state index contributed by atoms with van der Waals surface area (Å²) in [4.78, 5) is 13.6. The first-order valence-corrected chi connectivity index (χ1v) is 7.04. The van der Waals surface area contributed by atoms with Gasteiger partial charge in [-0.3, -0.25) is 4.90 Å². The third kappa shape index (κ3) is 1.81. The number of aliphatic hydroxyl groups excluding tert-OH is 1. The van der Waals surface area contributed by atoms with Crippen molar-refractivity contribution in [3.05, 3.63) is 0 Å². The van der Waals surface area contributed by atoms with Crippen molar-refractivity contribution in [3.63, 3.8) is 0 Å². The van der Waals surface area contributed by atoms with E-state index >= 15 is 0 Å². The van der Waals surface area contributed by atoms with Gasteiger partial charge in [-0.15, -0.1) is 0 Å². The van der Waals surface area contributed by atoms with Crippen LogP contribution in [0, 0.1) is 23.7 Å². The summed E-state index contributed by atoms with van der Waals surface area (Å²) in [6.07, 6.45) is 2.78. The molecule has 1 aliphatic heterocycles. The molecule has 2 aliphatic carbocycles. The Morgan fingerprint density at radius 3 is 2.56 bits per heavy atom. The number of fused-ring (bicyclic) bond motifs is 5. The molecule has 3 fully saturated rings. The second-order valence-electron chi connectivity index (χ2n) is 7.12. The Morgan fingerprint density at radius 1 is 1.28 bits per heavy atom. The minimum absolute atomic E-state index is 0.302. The zero-order valence-corrected chi connectivity index (χ0v) is 11.4. The number of ether oxygens (including phenoxy) is 1. The van der Waals surface area contributed by atoms with Crippen LogP contribution in [-0.2, 0) is 4.74 Å². The Kier molecular flexibility index (Phi) is 2.63. The molecule has 2 bridgehead atoms. The highest BCUT2D eigenvalue weighted by atomic mass is 16.6. The summed E-state index contributed by atoms with van der Waals surface area (Å²) in [7, 11) is 0. The largest absolute Gasteiger partial charge is 0.444 e. The van der Waals surface area contributed by atoms with E-state index in [2.05, 4.69) is 0 Å². The van der Waals surface area contributed by atoms with Crippen LogP contribution >= 0.6 is 0 Å². The van der Waals surface area contributed by atoms with Gasteiger partial charge in [0.2, 0.25) is 0 Å². The molecule has 1 N–H and O–H groups in total. The van der Waals surface area contributed by atoms with Crippen molar-refractivity contribution >= 4 is 6.09 Å². The summed E-state index contributed by atoms with van der Waals surface area (Å²) >= 11 is 0. The fraction of sp³-hybridized carbons (Fsp3) is 0.929. The normalized spacial score (nSPS) is 42.2. The molecule has 3 aliphatic rings. The van der Waals surface area contributed by atoms with E-state index in [9.17, 15) is 9.90 Å². The third-order valence-electron chi connectivity index (χ3n) is 4.86. The van der Waals surface area contributed by atoms with Crippen LogP contribution in [0.1, 0.15) is 40.0 Å². The number of amides is 1. The third-order valence-corrected chi connectivity index (χ3v) is 4.86. The number of carbonyl (C=O) groups excluding carboxylic acids is 1. The Labute approximate surface area is 108 Å². The van der Waals surface area contributed by atoms with Crippen LogP contribution < -0.4 is 0 Å². The van der Waals surface area contributed by atoms with E-state index in [1.807, 2.05) is 20.8 Å². The van der Waals surface area contributed by atoms with E-state index in [-0.39, 0.29) is 6.09 Å². The molecule has 0 aromatic carbocycles.